The Labute approximate surface area is 107 Å². The van der Waals surface area contributed by atoms with E-state index in [1.54, 1.807) is 0 Å². The lowest BCUT2D eigenvalue weighted by Gasteiger charge is -2.03. The maximum Gasteiger partial charge on any atom is 0.265 e. The third-order valence-electron chi connectivity index (χ3n) is 2.18. The molecule has 1 aromatic carbocycles. The molecule has 0 aliphatic rings. The molecule has 2 aromatic rings. The minimum absolute atomic E-state index is 0.129. The van der Waals surface area contributed by atoms with Crippen LogP contribution in [0.5, 0.6) is 5.88 Å². The zero-order chi connectivity index (χ0) is 12.3. The van der Waals surface area contributed by atoms with Gasteiger partial charge < -0.3 is 9.26 Å². The third kappa shape index (κ3) is 2.94. The van der Waals surface area contributed by atoms with Crippen LogP contribution >= 0.6 is 15.9 Å². The van der Waals surface area contributed by atoms with E-state index in [-0.39, 0.29) is 11.7 Å². The van der Waals surface area contributed by atoms with Crippen LogP contribution in [0, 0.1) is 0 Å². The third-order valence-corrected chi connectivity index (χ3v) is 2.67. The van der Waals surface area contributed by atoms with E-state index in [1.165, 1.54) is 13.2 Å². The maximum absolute atomic E-state index is 11.2. The molecule has 0 N–H and O–H groups in total. The highest BCUT2D eigenvalue weighted by Gasteiger charge is 2.13. The van der Waals surface area contributed by atoms with Crippen molar-refractivity contribution in [3.63, 3.8) is 0 Å². The fourth-order valence-corrected chi connectivity index (χ4v) is 1.79. The standard InChI is InChI=1S/C12H10BrNO3/c1-8(15)11-7-17-14-12(11)16-6-9-3-2-4-10(13)5-9/h2-5,7H,6H2,1H3. The topological polar surface area (TPSA) is 52.3 Å². The number of carbonyl (C=O) groups excluding carboxylic acids is 1. The van der Waals surface area contributed by atoms with E-state index >= 15 is 0 Å². The Kier molecular flexibility index (Phi) is 3.58. The summed E-state index contributed by atoms with van der Waals surface area (Å²) >= 11 is 3.37. The highest BCUT2D eigenvalue weighted by molar-refractivity contribution is 9.10. The summed E-state index contributed by atoms with van der Waals surface area (Å²) < 4.78 is 11.1. The molecule has 0 spiro atoms. The van der Waals surface area contributed by atoms with Crippen molar-refractivity contribution in [1.82, 2.24) is 5.16 Å². The van der Waals surface area contributed by atoms with Gasteiger partial charge in [-0.3, -0.25) is 4.79 Å². The minimum Gasteiger partial charge on any atom is -0.470 e. The van der Waals surface area contributed by atoms with Crippen LogP contribution < -0.4 is 4.74 Å². The Balaban J connectivity index is 2.07. The van der Waals surface area contributed by atoms with Crippen molar-refractivity contribution in [2.45, 2.75) is 13.5 Å². The summed E-state index contributed by atoms with van der Waals surface area (Å²) in [6, 6.07) is 7.71. The van der Waals surface area contributed by atoms with E-state index in [4.69, 9.17) is 9.26 Å². The lowest BCUT2D eigenvalue weighted by Crippen LogP contribution is -2.00. The highest BCUT2D eigenvalue weighted by Crippen LogP contribution is 2.18. The van der Waals surface area contributed by atoms with Crippen molar-refractivity contribution in [2.75, 3.05) is 0 Å². The Morgan fingerprint density at radius 1 is 1.53 bits per heavy atom. The molecule has 0 atom stereocenters. The summed E-state index contributed by atoms with van der Waals surface area (Å²) in [4.78, 5) is 11.2. The average Bonchev–Trinajstić information content (AvgIpc) is 2.74. The van der Waals surface area contributed by atoms with Crippen LogP contribution in [0.25, 0.3) is 0 Å². The Hall–Kier alpha value is -1.62. The van der Waals surface area contributed by atoms with Crippen molar-refractivity contribution in [1.29, 1.82) is 0 Å². The molecule has 0 aliphatic carbocycles. The Bertz CT molecular complexity index is 536. The van der Waals surface area contributed by atoms with Crippen LogP contribution in [0.15, 0.2) is 39.5 Å². The van der Waals surface area contributed by atoms with Gasteiger partial charge >= 0.3 is 0 Å². The Morgan fingerprint density at radius 3 is 3.06 bits per heavy atom. The molecule has 17 heavy (non-hydrogen) atoms. The summed E-state index contributed by atoms with van der Waals surface area (Å²) in [5.41, 5.74) is 1.34. The number of ketones is 1. The SMILES string of the molecule is CC(=O)c1conc1OCc1cccc(Br)c1. The van der Waals surface area contributed by atoms with Crippen molar-refractivity contribution in [2.24, 2.45) is 0 Å². The van der Waals surface area contributed by atoms with Crippen molar-refractivity contribution in [3.05, 3.63) is 46.1 Å². The zero-order valence-electron chi connectivity index (χ0n) is 9.14. The van der Waals surface area contributed by atoms with Gasteiger partial charge in [-0.15, -0.1) is 0 Å². The second-order valence-electron chi connectivity index (χ2n) is 3.51. The van der Waals surface area contributed by atoms with E-state index in [0.717, 1.165) is 10.0 Å². The molecule has 4 nitrogen and oxygen atoms in total. The first-order valence-electron chi connectivity index (χ1n) is 4.99. The smallest absolute Gasteiger partial charge is 0.265 e. The summed E-state index contributed by atoms with van der Waals surface area (Å²) in [6.07, 6.45) is 1.29. The number of benzene rings is 1. The fourth-order valence-electron chi connectivity index (χ4n) is 1.34. The molecular weight excluding hydrogens is 286 g/mol. The van der Waals surface area contributed by atoms with Gasteiger partial charge in [0.1, 0.15) is 18.4 Å². The molecule has 0 aliphatic heterocycles. The van der Waals surface area contributed by atoms with E-state index < -0.39 is 0 Å². The second kappa shape index (κ2) is 5.14. The van der Waals surface area contributed by atoms with Crippen molar-refractivity contribution < 1.29 is 14.1 Å². The predicted octanol–water partition coefficient (Wildman–Crippen LogP) is 3.22. The molecule has 0 bridgehead atoms. The van der Waals surface area contributed by atoms with Crippen LogP contribution in [0.4, 0.5) is 0 Å². The van der Waals surface area contributed by atoms with Gasteiger partial charge in [-0.1, -0.05) is 28.1 Å². The molecule has 1 aromatic heterocycles. The van der Waals surface area contributed by atoms with E-state index in [0.29, 0.717) is 12.2 Å². The lowest BCUT2D eigenvalue weighted by atomic mass is 10.2. The monoisotopic (exact) mass is 295 g/mol. The summed E-state index contributed by atoms with van der Waals surface area (Å²) in [5, 5.41) is 3.65. The highest BCUT2D eigenvalue weighted by atomic mass is 79.9. The number of ether oxygens (including phenoxy) is 1. The number of halogens is 1. The molecule has 5 heteroatoms. The van der Waals surface area contributed by atoms with Crippen molar-refractivity contribution >= 4 is 21.7 Å². The van der Waals surface area contributed by atoms with Gasteiger partial charge in [0.15, 0.2) is 5.78 Å². The molecule has 0 amide bonds. The molecular formula is C12H10BrNO3. The molecule has 0 unspecified atom stereocenters. The number of carbonyl (C=O) groups is 1. The Morgan fingerprint density at radius 2 is 2.35 bits per heavy atom. The van der Waals surface area contributed by atoms with Gasteiger partial charge in [0.25, 0.3) is 5.88 Å². The van der Waals surface area contributed by atoms with E-state index in [9.17, 15) is 4.79 Å². The molecule has 0 fully saturated rings. The first kappa shape index (κ1) is 11.9. The normalized spacial score (nSPS) is 10.2. The number of nitrogens with zero attached hydrogens (tertiary/aromatic N) is 1. The van der Waals surface area contributed by atoms with Crippen LogP contribution in [-0.2, 0) is 6.61 Å². The van der Waals surface area contributed by atoms with Gasteiger partial charge in [0.05, 0.1) is 0 Å². The maximum atomic E-state index is 11.2. The number of aromatic nitrogens is 1. The fraction of sp³-hybridized carbons (Fsp3) is 0.167. The lowest BCUT2D eigenvalue weighted by molar-refractivity contribution is 0.101. The largest absolute Gasteiger partial charge is 0.470 e. The second-order valence-corrected chi connectivity index (χ2v) is 4.42. The van der Waals surface area contributed by atoms with Gasteiger partial charge in [-0.25, -0.2) is 0 Å². The summed E-state index contributed by atoms with van der Waals surface area (Å²) in [6.45, 7) is 1.78. The number of hydrogen-bond acceptors (Lipinski definition) is 4. The van der Waals surface area contributed by atoms with Gasteiger partial charge in [-0.2, -0.15) is 0 Å². The zero-order valence-corrected chi connectivity index (χ0v) is 10.7. The molecule has 0 saturated carbocycles. The van der Waals surface area contributed by atoms with Gasteiger partial charge in [0.2, 0.25) is 0 Å². The van der Waals surface area contributed by atoms with Crippen LogP contribution in [0.2, 0.25) is 0 Å². The van der Waals surface area contributed by atoms with Gasteiger partial charge in [-0.05, 0) is 29.8 Å². The minimum atomic E-state index is -0.129. The predicted molar refractivity (Wildman–Crippen MR) is 65.0 cm³/mol. The van der Waals surface area contributed by atoms with E-state index in [1.807, 2.05) is 24.3 Å². The average molecular weight is 296 g/mol. The van der Waals surface area contributed by atoms with Crippen LogP contribution in [0.1, 0.15) is 22.8 Å². The number of rotatable bonds is 4. The van der Waals surface area contributed by atoms with Gasteiger partial charge in [0, 0.05) is 4.47 Å². The van der Waals surface area contributed by atoms with E-state index in [2.05, 4.69) is 21.1 Å². The molecule has 0 saturated heterocycles. The summed E-state index contributed by atoms with van der Waals surface area (Å²) in [7, 11) is 0. The van der Waals surface area contributed by atoms with Crippen LogP contribution in [-0.4, -0.2) is 10.9 Å². The summed E-state index contributed by atoms with van der Waals surface area (Å²) in [5.74, 6) is 0.105. The molecule has 88 valence electrons. The quantitative estimate of drug-likeness (QED) is 0.813. The van der Waals surface area contributed by atoms with Crippen molar-refractivity contribution in [3.8, 4) is 5.88 Å². The molecule has 2 rings (SSSR count). The number of hydrogen-bond donors (Lipinski definition) is 0. The molecule has 0 radical (unpaired) electrons. The van der Waals surface area contributed by atoms with Crippen LogP contribution in [0.3, 0.4) is 0 Å². The molecule has 1 heterocycles. The first-order chi connectivity index (χ1) is 8.16. The number of Topliss-reactive ketones (excluding diaryl/α,β-unsaturated/α-hetero) is 1. The first-order valence-corrected chi connectivity index (χ1v) is 5.78.